The van der Waals surface area contributed by atoms with Gasteiger partial charge in [0.2, 0.25) is 5.95 Å². The van der Waals surface area contributed by atoms with Gasteiger partial charge >= 0.3 is 5.97 Å². The van der Waals surface area contributed by atoms with Crippen molar-refractivity contribution in [1.29, 1.82) is 0 Å². The normalized spacial score (nSPS) is 16.2. The summed E-state index contributed by atoms with van der Waals surface area (Å²) in [5.41, 5.74) is 1.30. The van der Waals surface area contributed by atoms with E-state index in [-0.39, 0.29) is 5.56 Å². The number of aromatic carboxylic acids is 1. The molecule has 0 bridgehead atoms. The van der Waals surface area contributed by atoms with Gasteiger partial charge in [0.05, 0.1) is 30.2 Å². The number of likely N-dealkylation sites (N-methyl/N-ethyl adjacent to an activating group) is 1. The van der Waals surface area contributed by atoms with Gasteiger partial charge in [-0.05, 0) is 25.1 Å². The van der Waals surface area contributed by atoms with Crippen LogP contribution in [0.2, 0.25) is 0 Å². The minimum atomic E-state index is -0.987. The Morgan fingerprint density at radius 2 is 2.00 bits per heavy atom. The highest BCUT2D eigenvalue weighted by atomic mass is 16.5. The summed E-state index contributed by atoms with van der Waals surface area (Å²) in [5.74, 6) is -0.399. The first kappa shape index (κ1) is 18.2. The molecule has 2 aromatic rings. The zero-order valence-corrected chi connectivity index (χ0v) is 15.0. The molecule has 0 amide bonds. The predicted octanol–water partition coefficient (Wildman–Crippen LogP) is 1.39. The molecule has 0 radical (unpaired) electrons. The Morgan fingerprint density at radius 1 is 1.27 bits per heavy atom. The molecule has 26 heavy (non-hydrogen) atoms. The van der Waals surface area contributed by atoms with Crippen molar-refractivity contribution in [3.63, 3.8) is 0 Å². The van der Waals surface area contributed by atoms with Gasteiger partial charge in [0.25, 0.3) is 0 Å². The average Bonchev–Trinajstić information content (AvgIpc) is 2.68. The number of pyridine rings is 1. The van der Waals surface area contributed by atoms with Crippen LogP contribution in [0.15, 0.2) is 30.6 Å². The lowest BCUT2D eigenvalue weighted by Gasteiger charge is -2.34. The van der Waals surface area contributed by atoms with Crippen LogP contribution in [-0.4, -0.2) is 76.9 Å². The molecule has 1 atom stereocenters. The van der Waals surface area contributed by atoms with Crippen LogP contribution in [0.25, 0.3) is 11.4 Å². The summed E-state index contributed by atoms with van der Waals surface area (Å²) in [6, 6.07) is 5.07. The van der Waals surface area contributed by atoms with Gasteiger partial charge < -0.3 is 14.7 Å². The van der Waals surface area contributed by atoms with E-state index >= 15 is 0 Å². The van der Waals surface area contributed by atoms with E-state index in [0.717, 1.165) is 32.8 Å². The fourth-order valence-electron chi connectivity index (χ4n) is 2.99. The van der Waals surface area contributed by atoms with Gasteiger partial charge in [-0.3, -0.25) is 9.88 Å². The van der Waals surface area contributed by atoms with Gasteiger partial charge in [-0.1, -0.05) is 0 Å². The monoisotopic (exact) mass is 357 g/mol. The second kappa shape index (κ2) is 8.20. The molecular formula is C18H23N5O3. The van der Waals surface area contributed by atoms with E-state index in [1.807, 2.05) is 11.9 Å². The number of carbonyl (C=O) groups is 1. The highest BCUT2D eigenvalue weighted by Gasteiger charge is 2.19. The SMILES string of the molecule is C[C@H](CN(C)c1nccc(-c2cc(C(=O)O)ccn2)n1)N1CCOCC1. The van der Waals surface area contributed by atoms with Crippen molar-refractivity contribution < 1.29 is 14.6 Å². The van der Waals surface area contributed by atoms with Crippen LogP contribution in [0.5, 0.6) is 0 Å². The number of aromatic nitrogens is 3. The Morgan fingerprint density at radius 3 is 2.73 bits per heavy atom. The van der Waals surface area contributed by atoms with Gasteiger partial charge in [-0.2, -0.15) is 0 Å². The number of hydrogen-bond acceptors (Lipinski definition) is 7. The van der Waals surface area contributed by atoms with Crippen molar-refractivity contribution in [2.45, 2.75) is 13.0 Å². The molecule has 0 aromatic carbocycles. The highest BCUT2D eigenvalue weighted by molar-refractivity contribution is 5.88. The first-order valence-corrected chi connectivity index (χ1v) is 8.60. The molecule has 2 aromatic heterocycles. The molecule has 0 unspecified atom stereocenters. The van der Waals surface area contributed by atoms with Crippen molar-refractivity contribution >= 4 is 11.9 Å². The Balaban J connectivity index is 1.74. The zero-order valence-electron chi connectivity index (χ0n) is 15.0. The first-order chi connectivity index (χ1) is 12.5. The minimum absolute atomic E-state index is 0.185. The quantitative estimate of drug-likeness (QED) is 0.829. The van der Waals surface area contributed by atoms with Gasteiger partial charge in [-0.25, -0.2) is 14.8 Å². The largest absolute Gasteiger partial charge is 0.478 e. The van der Waals surface area contributed by atoms with Crippen LogP contribution in [0.3, 0.4) is 0 Å². The van der Waals surface area contributed by atoms with Crippen LogP contribution in [-0.2, 0) is 4.74 Å². The molecule has 1 saturated heterocycles. The van der Waals surface area contributed by atoms with Gasteiger partial charge in [0.1, 0.15) is 0 Å². The zero-order chi connectivity index (χ0) is 18.5. The molecule has 0 aliphatic carbocycles. The molecule has 1 N–H and O–H groups in total. The van der Waals surface area contributed by atoms with E-state index in [1.54, 1.807) is 12.3 Å². The molecule has 1 fully saturated rings. The lowest BCUT2D eigenvalue weighted by molar-refractivity contribution is 0.0217. The second-order valence-electron chi connectivity index (χ2n) is 6.35. The molecule has 138 valence electrons. The van der Waals surface area contributed by atoms with E-state index in [0.29, 0.717) is 23.4 Å². The summed E-state index contributed by atoms with van der Waals surface area (Å²) in [6.07, 6.45) is 3.15. The molecular weight excluding hydrogens is 334 g/mol. The maximum Gasteiger partial charge on any atom is 0.335 e. The fraction of sp³-hybridized carbons (Fsp3) is 0.444. The molecule has 3 rings (SSSR count). The van der Waals surface area contributed by atoms with E-state index in [2.05, 4.69) is 26.8 Å². The van der Waals surface area contributed by atoms with E-state index in [9.17, 15) is 4.79 Å². The third kappa shape index (κ3) is 4.33. The average molecular weight is 357 g/mol. The number of ether oxygens (including phenoxy) is 1. The predicted molar refractivity (Wildman–Crippen MR) is 97.3 cm³/mol. The fourth-order valence-corrected chi connectivity index (χ4v) is 2.99. The molecule has 1 aliphatic heterocycles. The molecule has 3 heterocycles. The van der Waals surface area contributed by atoms with Crippen molar-refractivity contribution in [3.05, 3.63) is 36.2 Å². The van der Waals surface area contributed by atoms with Gasteiger partial charge in [0, 0.05) is 45.1 Å². The van der Waals surface area contributed by atoms with E-state index in [1.165, 1.54) is 18.3 Å². The number of hydrogen-bond donors (Lipinski definition) is 1. The van der Waals surface area contributed by atoms with Gasteiger partial charge in [0.15, 0.2) is 0 Å². The topological polar surface area (TPSA) is 91.7 Å². The molecule has 8 heteroatoms. The smallest absolute Gasteiger partial charge is 0.335 e. The summed E-state index contributed by atoms with van der Waals surface area (Å²) in [5, 5.41) is 9.14. The summed E-state index contributed by atoms with van der Waals surface area (Å²) < 4.78 is 5.40. The minimum Gasteiger partial charge on any atom is -0.478 e. The lowest BCUT2D eigenvalue weighted by atomic mass is 10.2. The number of anilines is 1. The summed E-state index contributed by atoms with van der Waals surface area (Å²) >= 11 is 0. The molecule has 1 aliphatic rings. The first-order valence-electron chi connectivity index (χ1n) is 8.60. The van der Waals surface area contributed by atoms with Gasteiger partial charge in [-0.15, -0.1) is 0 Å². The maximum absolute atomic E-state index is 11.1. The Kier molecular flexibility index (Phi) is 5.75. The van der Waals surface area contributed by atoms with Crippen LogP contribution < -0.4 is 4.90 Å². The van der Waals surface area contributed by atoms with Crippen LogP contribution in [0.4, 0.5) is 5.95 Å². The second-order valence-corrected chi connectivity index (χ2v) is 6.35. The number of rotatable bonds is 6. The third-order valence-corrected chi connectivity index (χ3v) is 4.46. The maximum atomic E-state index is 11.1. The number of morpholine rings is 1. The Labute approximate surface area is 152 Å². The number of nitrogens with zero attached hydrogens (tertiary/aromatic N) is 5. The Hall–Kier alpha value is -2.58. The van der Waals surface area contributed by atoms with E-state index in [4.69, 9.17) is 9.84 Å². The number of carboxylic acid groups (broad SMARTS) is 1. The summed E-state index contributed by atoms with van der Waals surface area (Å²) in [6.45, 7) is 6.37. The highest BCUT2D eigenvalue weighted by Crippen LogP contribution is 2.18. The van der Waals surface area contributed by atoms with Crippen molar-refractivity contribution in [2.75, 3.05) is 44.8 Å². The lowest BCUT2D eigenvalue weighted by Crippen LogP contribution is -2.47. The number of carboxylic acids is 1. The standard InChI is InChI=1S/C18H23N5O3/c1-13(23-7-9-26-10-8-23)12-22(2)18-20-6-4-15(21-18)16-11-14(17(24)25)3-5-19-16/h3-6,11,13H,7-10,12H2,1-2H3,(H,24,25)/t13-/m1/s1. The van der Waals surface area contributed by atoms with Crippen LogP contribution in [0.1, 0.15) is 17.3 Å². The van der Waals surface area contributed by atoms with Crippen molar-refractivity contribution in [1.82, 2.24) is 19.9 Å². The van der Waals surface area contributed by atoms with E-state index < -0.39 is 5.97 Å². The molecule has 0 saturated carbocycles. The Bertz CT molecular complexity index is 764. The van der Waals surface area contributed by atoms with Crippen molar-refractivity contribution in [3.8, 4) is 11.4 Å². The third-order valence-electron chi connectivity index (χ3n) is 4.46. The molecule has 0 spiro atoms. The molecule has 8 nitrogen and oxygen atoms in total. The summed E-state index contributed by atoms with van der Waals surface area (Å²) in [4.78, 5) is 28.7. The summed E-state index contributed by atoms with van der Waals surface area (Å²) in [7, 11) is 1.96. The van der Waals surface area contributed by atoms with Crippen molar-refractivity contribution in [2.24, 2.45) is 0 Å². The van der Waals surface area contributed by atoms with Crippen LogP contribution in [0, 0.1) is 0 Å². The van der Waals surface area contributed by atoms with Crippen LogP contribution >= 0.6 is 0 Å².